The minimum atomic E-state index is 0.988. The fourth-order valence-electron chi connectivity index (χ4n) is 6.60. The third kappa shape index (κ3) is 3.88. The third-order valence-corrected chi connectivity index (χ3v) is 9.88. The highest BCUT2D eigenvalue weighted by Gasteiger charge is 2.14. The van der Waals surface area contributed by atoms with Crippen molar-refractivity contribution >= 4 is 64.0 Å². The summed E-state index contributed by atoms with van der Waals surface area (Å²) in [6.45, 7) is 0. The summed E-state index contributed by atoms with van der Waals surface area (Å²) in [5.74, 6) is 0. The molecule has 2 heteroatoms. The highest BCUT2D eigenvalue weighted by Crippen LogP contribution is 2.41. The summed E-state index contributed by atoms with van der Waals surface area (Å²) in [6.07, 6.45) is 0. The van der Waals surface area contributed by atoms with Gasteiger partial charge in [0.05, 0.1) is 11.2 Å². The average Bonchev–Trinajstić information content (AvgIpc) is 3.47. The molecule has 2 aromatic heterocycles. The van der Waals surface area contributed by atoms with Crippen molar-refractivity contribution in [2.75, 3.05) is 0 Å². The summed E-state index contributed by atoms with van der Waals surface area (Å²) >= 11 is 1.87. The van der Waals surface area contributed by atoms with E-state index >= 15 is 0 Å². The topological polar surface area (TPSA) is 12.9 Å². The van der Waals surface area contributed by atoms with Crippen LogP contribution in [0.1, 0.15) is 0 Å². The van der Waals surface area contributed by atoms with Crippen LogP contribution >= 0.6 is 11.3 Å². The van der Waals surface area contributed by atoms with Crippen molar-refractivity contribution in [1.29, 1.82) is 0 Å². The molecule has 0 N–H and O–H groups in total. The number of thiophene rings is 1. The molecule has 7 aromatic carbocycles. The van der Waals surface area contributed by atoms with E-state index in [9.17, 15) is 0 Å². The van der Waals surface area contributed by atoms with Crippen LogP contribution < -0.4 is 0 Å². The van der Waals surface area contributed by atoms with E-state index in [-0.39, 0.29) is 0 Å². The van der Waals surface area contributed by atoms with Gasteiger partial charge in [-0.25, -0.2) is 4.98 Å². The van der Waals surface area contributed by atoms with Crippen molar-refractivity contribution in [3.63, 3.8) is 0 Å². The number of hydrogen-bond acceptors (Lipinski definition) is 2. The summed E-state index contributed by atoms with van der Waals surface area (Å²) in [6, 6.07) is 54.8. The van der Waals surface area contributed by atoms with Gasteiger partial charge in [0.1, 0.15) is 0 Å². The Morgan fingerprint density at radius 3 is 1.91 bits per heavy atom. The highest BCUT2D eigenvalue weighted by molar-refractivity contribution is 7.26. The molecule has 0 bridgehead atoms. The molecule has 1 nitrogen and oxygen atoms in total. The monoisotopic (exact) mass is 563 g/mol. The van der Waals surface area contributed by atoms with Gasteiger partial charge in [-0.15, -0.1) is 11.3 Å². The lowest BCUT2D eigenvalue weighted by molar-refractivity contribution is 1.41. The zero-order valence-corrected chi connectivity index (χ0v) is 24.1. The van der Waals surface area contributed by atoms with E-state index in [2.05, 4.69) is 152 Å². The molecule has 43 heavy (non-hydrogen) atoms. The van der Waals surface area contributed by atoms with E-state index in [0.717, 1.165) is 16.8 Å². The van der Waals surface area contributed by atoms with Gasteiger partial charge in [-0.2, -0.15) is 0 Å². The first-order valence-corrected chi connectivity index (χ1v) is 15.5. The van der Waals surface area contributed by atoms with Crippen molar-refractivity contribution in [1.82, 2.24) is 4.98 Å². The number of nitrogens with zero attached hydrogens (tertiary/aromatic N) is 1. The maximum absolute atomic E-state index is 5.36. The van der Waals surface area contributed by atoms with Crippen LogP contribution in [0.3, 0.4) is 0 Å². The molecule has 0 fully saturated rings. The minimum absolute atomic E-state index is 0.988. The molecule has 2 heterocycles. The Labute approximate surface area is 253 Å². The Balaban J connectivity index is 1.24. The molecule has 0 spiro atoms. The first-order chi connectivity index (χ1) is 21.3. The summed E-state index contributed by atoms with van der Waals surface area (Å²) in [5, 5.41) is 8.74. The normalized spacial score (nSPS) is 11.7. The van der Waals surface area contributed by atoms with Crippen molar-refractivity contribution in [2.45, 2.75) is 0 Å². The van der Waals surface area contributed by atoms with Crippen LogP contribution in [-0.2, 0) is 0 Å². The van der Waals surface area contributed by atoms with E-state index in [4.69, 9.17) is 4.98 Å². The van der Waals surface area contributed by atoms with Crippen LogP contribution in [0.5, 0.6) is 0 Å². The van der Waals surface area contributed by atoms with Gasteiger partial charge in [-0.1, -0.05) is 121 Å². The minimum Gasteiger partial charge on any atom is -0.247 e. The Morgan fingerprint density at radius 2 is 1.02 bits per heavy atom. The number of rotatable bonds is 3. The fraction of sp³-hybridized carbons (Fsp3) is 0. The Kier molecular flexibility index (Phi) is 5.44. The Morgan fingerprint density at radius 1 is 0.372 bits per heavy atom. The molecule has 0 saturated carbocycles. The lowest BCUT2D eigenvalue weighted by atomic mass is 9.93. The number of hydrogen-bond donors (Lipinski definition) is 0. The number of fused-ring (bicyclic) bond motifs is 9. The van der Waals surface area contributed by atoms with Gasteiger partial charge in [0.2, 0.25) is 0 Å². The second-order valence-corrected chi connectivity index (χ2v) is 12.2. The zero-order valence-electron chi connectivity index (χ0n) is 23.3. The number of benzene rings is 7. The van der Waals surface area contributed by atoms with Crippen LogP contribution in [-0.4, -0.2) is 4.98 Å². The van der Waals surface area contributed by atoms with E-state index in [1.165, 1.54) is 69.4 Å². The molecule has 9 rings (SSSR count). The largest absolute Gasteiger partial charge is 0.247 e. The lowest BCUT2D eigenvalue weighted by Crippen LogP contribution is -1.90. The summed E-state index contributed by atoms with van der Waals surface area (Å²) in [5.41, 5.74) is 8.08. The molecule has 0 aliphatic rings. The standard InChI is InChI=1S/C41H25NS/c1-2-10-26(11-3-1)27-20-21-35-37(25-27)32-15-5-4-14-31(32)34-22-23-38(42-40(34)35)29-13-8-12-28(24-29)30-17-9-18-36-33-16-6-7-19-39(33)43-41(30)36/h1-25H. The molecule has 0 radical (unpaired) electrons. The number of pyridine rings is 1. The maximum Gasteiger partial charge on any atom is 0.0794 e. The van der Waals surface area contributed by atoms with Crippen LogP contribution in [0.4, 0.5) is 0 Å². The molecule has 0 unspecified atom stereocenters. The third-order valence-electron chi connectivity index (χ3n) is 8.66. The van der Waals surface area contributed by atoms with Gasteiger partial charge < -0.3 is 0 Å². The summed E-state index contributed by atoms with van der Waals surface area (Å²) < 4.78 is 2.66. The second kappa shape index (κ2) is 9.62. The molecule has 0 amide bonds. The maximum atomic E-state index is 5.36. The summed E-state index contributed by atoms with van der Waals surface area (Å²) in [7, 11) is 0. The van der Waals surface area contributed by atoms with Crippen LogP contribution in [0.15, 0.2) is 152 Å². The summed E-state index contributed by atoms with van der Waals surface area (Å²) in [4.78, 5) is 5.36. The molecular weight excluding hydrogens is 539 g/mol. The van der Waals surface area contributed by atoms with E-state index in [1.54, 1.807) is 0 Å². The smallest absolute Gasteiger partial charge is 0.0794 e. The SMILES string of the molecule is c1ccc(-c2ccc3c(c2)c2ccccc2c2ccc(-c4cccc(-c5cccc6c5sc5ccccc56)c4)nc23)cc1. The Hall–Kier alpha value is -5.31. The molecule has 0 atom stereocenters. The van der Waals surface area contributed by atoms with Crippen molar-refractivity contribution in [3.05, 3.63) is 152 Å². The van der Waals surface area contributed by atoms with Crippen molar-refractivity contribution in [3.8, 4) is 33.5 Å². The number of aromatic nitrogens is 1. The molecule has 200 valence electrons. The van der Waals surface area contributed by atoms with Gasteiger partial charge in [0.25, 0.3) is 0 Å². The van der Waals surface area contributed by atoms with Gasteiger partial charge >= 0.3 is 0 Å². The zero-order chi connectivity index (χ0) is 28.3. The predicted octanol–water partition coefficient (Wildman–Crippen LogP) is 11.9. The average molecular weight is 564 g/mol. The van der Waals surface area contributed by atoms with Gasteiger partial charge in [0.15, 0.2) is 0 Å². The fourth-order valence-corrected chi connectivity index (χ4v) is 7.84. The van der Waals surface area contributed by atoms with Gasteiger partial charge in [-0.3, -0.25) is 0 Å². The second-order valence-electron chi connectivity index (χ2n) is 11.1. The first-order valence-electron chi connectivity index (χ1n) is 14.6. The van der Waals surface area contributed by atoms with Crippen molar-refractivity contribution in [2.24, 2.45) is 0 Å². The van der Waals surface area contributed by atoms with Gasteiger partial charge in [0, 0.05) is 36.5 Å². The van der Waals surface area contributed by atoms with Crippen LogP contribution in [0.2, 0.25) is 0 Å². The molecule has 9 aromatic rings. The van der Waals surface area contributed by atoms with Crippen molar-refractivity contribution < 1.29 is 0 Å². The van der Waals surface area contributed by atoms with E-state index in [1.807, 2.05) is 11.3 Å². The molecule has 0 saturated heterocycles. The molecular formula is C41H25NS. The predicted molar refractivity (Wildman–Crippen MR) is 186 cm³/mol. The quantitative estimate of drug-likeness (QED) is 0.195. The van der Waals surface area contributed by atoms with E-state index < -0.39 is 0 Å². The van der Waals surface area contributed by atoms with Gasteiger partial charge in [-0.05, 0) is 68.7 Å². The van der Waals surface area contributed by atoms with E-state index in [0.29, 0.717) is 0 Å². The molecule has 0 aliphatic heterocycles. The molecule has 0 aliphatic carbocycles. The highest BCUT2D eigenvalue weighted by atomic mass is 32.1. The van der Waals surface area contributed by atoms with Crippen LogP contribution in [0.25, 0.3) is 86.1 Å². The lowest BCUT2D eigenvalue weighted by Gasteiger charge is -2.13. The van der Waals surface area contributed by atoms with Crippen LogP contribution in [0, 0.1) is 0 Å². The Bertz CT molecular complexity index is 2510. The first kappa shape index (κ1) is 24.3.